The van der Waals surface area contributed by atoms with Crippen LogP contribution in [0.1, 0.15) is 34.0 Å². The zero-order chi connectivity index (χ0) is 22.9. The van der Waals surface area contributed by atoms with E-state index in [9.17, 15) is 4.79 Å². The number of methoxy groups -OCH3 is 2. The van der Waals surface area contributed by atoms with Gasteiger partial charge in [0.25, 0.3) is 0 Å². The Kier molecular flexibility index (Phi) is 5.55. The summed E-state index contributed by atoms with van der Waals surface area (Å²) in [6, 6.07) is 22.3. The molecule has 0 fully saturated rings. The highest BCUT2D eigenvalue weighted by Gasteiger charge is 2.33. The molecule has 0 saturated heterocycles. The van der Waals surface area contributed by atoms with Crippen molar-refractivity contribution in [1.82, 2.24) is 9.88 Å². The van der Waals surface area contributed by atoms with Gasteiger partial charge in [0.1, 0.15) is 0 Å². The summed E-state index contributed by atoms with van der Waals surface area (Å²) in [5.74, 6) is 1.52. The number of nitrogens with one attached hydrogen (secondary N) is 1. The Morgan fingerprint density at radius 1 is 1.00 bits per heavy atom. The van der Waals surface area contributed by atoms with E-state index in [1.54, 1.807) is 14.2 Å². The minimum Gasteiger partial charge on any atom is -0.493 e. The van der Waals surface area contributed by atoms with Gasteiger partial charge < -0.3 is 19.4 Å². The average Bonchev–Trinajstić information content (AvgIpc) is 3.17. The third-order valence-electron chi connectivity index (χ3n) is 6.66. The third kappa shape index (κ3) is 3.74. The number of para-hydroxylation sites is 1. The molecule has 1 N–H and O–H groups in total. The van der Waals surface area contributed by atoms with Crippen LogP contribution in [0.4, 0.5) is 0 Å². The van der Waals surface area contributed by atoms with Gasteiger partial charge in [0.05, 0.1) is 26.7 Å². The van der Waals surface area contributed by atoms with Crippen LogP contribution in [0.2, 0.25) is 0 Å². The number of ether oxygens (including phenoxy) is 2. The Morgan fingerprint density at radius 3 is 2.45 bits per heavy atom. The lowest BCUT2D eigenvalue weighted by Crippen LogP contribution is -2.41. The van der Waals surface area contributed by atoms with Gasteiger partial charge in [0.2, 0.25) is 5.91 Å². The molecule has 4 aromatic rings. The molecule has 5 rings (SSSR count). The second kappa shape index (κ2) is 8.66. The van der Waals surface area contributed by atoms with Crippen molar-refractivity contribution < 1.29 is 14.3 Å². The van der Waals surface area contributed by atoms with Crippen molar-refractivity contribution >= 4 is 16.8 Å². The fourth-order valence-corrected chi connectivity index (χ4v) is 5.02. The van der Waals surface area contributed by atoms with Crippen LogP contribution in [0.3, 0.4) is 0 Å². The Hall–Kier alpha value is -3.73. The molecule has 33 heavy (non-hydrogen) atoms. The van der Waals surface area contributed by atoms with Crippen molar-refractivity contribution in [2.45, 2.75) is 25.8 Å². The second-order valence-corrected chi connectivity index (χ2v) is 8.51. The van der Waals surface area contributed by atoms with Crippen molar-refractivity contribution in [2.24, 2.45) is 0 Å². The highest BCUT2D eigenvalue weighted by Crippen LogP contribution is 2.41. The predicted octanol–water partition coefficient (Wildman–Crippen LogP) is 5.21. The summed E-state index contributed by atoms with van der Waals surface area (Å²) in [6.07, 6.45) is 1.14. The number of H-pyrrole nitrogens is 1. The summed E-state index contributed by atoms with van der Waals surface area (Å²) in [7, 11) is 3.30. The van der Waals surface area contributed by atoms with Gasteiger partial charge in [-0.1, -0.05) is 48.5 Å². The maximum Gasteiger partial charge on any atom is 0.227 e. The molecule has 1 aromatic heterocycles. The monoisotopic (exact) mass is 440 g/mol. The molecule has 1 aliphatic rings. The molecule has 1 atom stereocenters. The fourth-order valence-electron chi connectivity index (χ4n) is 5.02. The molecular weight excluding hydrogens is 412 g/mol. The molecular formula is C28H28N2O3. The molecule has 2 heterocycles. The summed E-state index contributed by atoms with van der Waals surface area (Å²) < 4.78 is 11.1. The van der Waals surface area contributed by atoms with Crippen molar-refractivity contribution in [3.63, 3.8) is 0 Å². The third-order valence-corrected chi connectivity index (χ3v) is 6.66. The van der Waals surface area contributed by atoms with Crippen LogP contribution in [-0.4, -0.2) is 36.6 Å². The van der Waals surface area contributed by atoms with E-state index < -0.39 is 0 Å². The number of fused-ring (bicyclic) bond motifs is 2. The lowest BCUT2D eigenvalue weighted by atomic mass is 9.87. The highest BCUT2D eigenvalue weighted by molar-refractivity contribution is 5.90. The molecule has 3 aromatic carbocycles. The smallest absolute Gasteiger partial charge is 0.227 e. The highest BCUT2D eigenvalue weighted by atomic mass is 16.5. The summed E-state index contributed by atoms with van der Waals surface area (Å²) in [5.41, 5.74) is 6.56. The molecule has 0 aliphatic carbocycles. The summed E-state index contributed by atoms with van der Waals surface area (Å²) >= 11 is 0. The molecule has 5 heteroatoms. The molecule has 1 unspecified atom stereocenters. The number of hydrogen-bond donors (Lipinski definition) is 1. The van der Waals surface area contributed by atoms with Gasteiger partial charge in [-0.25, -0.2) is 0 Å². The van der Waals surface area contributed by atoms with Crippen molar-refractivity contribution in [1.29, 1.82) is 0 Å². The quantitative estimate of drug-likeness (QED) is 0.463. The molecule has 5 nitrogen and oxygen atoms in total. The molecule has 0 bridgehead atoms. The maximum atomic E-state index is 13.8. The molecule has 168 valence electrons. The van der Waals surface area contributed by atoms with Gasteiger partial charge in [-0.2, -0.15) is 0 Å². The van der Waals surface area contributed by atoms with Crippen molar-refractivity contribution in [3.8, 4) is 11.5 Å². The molecule has 0 saturated carbocycles. The number of rotatable bonds is 5. The van der Waals surface area contributed by atoms with Crippen LogP contribution in [-0.2, 0) is 17.6 Å². The topological polar surface area (TPSA) is 54.6 Å². The average molecular weight is 441 g/mol. The van der Waals surface area contributed by atoms with Crippen LogP contribution in [0.15, 0.2) is 66.7 Å². The number of aromatic amines is 1. The number of aryl methyl sites for hydroxylation is 1. The van der Waals surface area contributed by atoms with Crippen LogP contribution in [0.5, 0.6) is 11.5 Å². The van der Waals surface area contributed by atoms with Gasteiger partial charge in [0.15, 0.2) is 11.5 Å². The van der Waals surface area contributed by atoms with E-state index in [1.807, 2.05) is 48.2 Å². The van der Waals surface area contributed by atoms with Crippen LogP contribution >= 0.6 is 0 Å². The van der Waals surface area contributed by atoms with Crippen molar-refractivity contribution in [2.75, 3.05) is 20.8 Å². The Balaban J connectivity index is 1.57. The number of aromatic nitrogens is 1. The first-order chi connectivity index (χ1) is 16.1. The number of nitrogens with zero attached hydrogens (tertiary/aromatic N) is 1. The Labute approximate surface area is 193 Å². The van der Waals surface area contributed by atoms with E-state index in [2.05, 4.69) is 35.3 Å². The Morgan fingerprint density at radius 2 is 1.70 bits per heavy atom. The lowest BCUT2D eigenvalue weighted by Gasteiger charge is -2.38. The zero-order valence-corrected chi connectivity index (χ0v) is 19.2. The normalized spacial score (nSPS) is 15.4. The van der Waals surface area contributed by atoms with Crippen LogP contribution < -0.4 is 9.47 Å². The minimum absolute atomic E-state index is 0.122. The van der Waals surface area contributed by atoms with Gasteiger partial charge in [-0.3, -0.25) is 4.79 Å². The first-order valence-electron chi connectivity index (χ1n) is 11.3. The number of carbonyl (C=O) groups excluding carboxylic acids is 1. The van der Waals surface area contributed by atoms with E-state index in [0.717, 1.165) is 45.5 Å². The van der Waals surface area contributed by atoms with Gasteiger partial charge in [-0.15, -0.1) is 0 Å². The zero-order valence-electron chi connectivity index (χ0n) is 19.2. The first kappa shape index (κ1) is 21.1. The second-order valence-electron chi connectivity index (χ2n) is 8.51. The summed E-state index contributed by atoms with van der Waals surface area (Å²) in [5, 5.41) is 1.11. The summed E-state index contributed by atoms with van der Waals surface area (Å²) in [6.45, 7) is 2.70. The van der Waals surface area contributed by atoms with Crippen LogP contribution in [0, 0.1) is 6.92 Å². The van der Waals surface area contributed by atoms with Gasteiger partial charge in [0, 0.05) is 23.1 Å². The van der Waals surface area contributed by atoms with E-state index in [-0.39, 0.29) is 11.9 Å². The van der Waals surface area contributed by atoms with Gasteiger partial charge >= 0.3 is 0 Å². The lowest BCUT2D eigenvalue weighted by molar-refractivity contribution is -0.132. The number of hydrogen-bond acceptors (Lipinski definition) is 3. The molecule has 1 amide bonds. The van der Waals surface area contributed by atoms with E-state index >= 15 is 0 Å². The van der Waals surface area contributed by atoms with E-state index in [0.29, 0.717) is 18.7 Å². The maximum absolute atomic E-state index is 13.8. The van der Waals surface area contributed by atoms with Gasteiger partial charge in [-0.05, 0) is 53.8 Å². The largest absolute Gasteiger partial charge is 0.493 e. The van der Waals surface area contributed by atoms with E-state index in [4.69, 9.17) is 9.47 Å². The standard InChI is InChI=1S/C28H28N2O3/c1-18-22(21-11-7-8-12-24(21)29-18)17-27(31)30-14-13-20-15-25(32-2)26(33-3)16-23(20)28(30)19-9-5-4-6-10-19/h4-12,15-16,28-29H,13-14,17H2,1-3H3. The minimum atomic E-state index is -0.173. The van der Waals surface area contributed by atoms with Crippen molar-refractivity contribution in [3.05, 3.63) is 94.7 Å². The first-order valence-corrected chi connectivity index (χ1v) is 11.3. The number of carbonyl (C=O) groups is 1. The number of amides is 1. The predicted molar refractivity (Wildman–Crippen MR) is 130 cm³/mol. The SMILES string of the molecule is COc1cc2c(cc1OC)C(c1ccccc1)N(C(=O)Cc1c(C)[nH]c3ccccc13)CC2. The fraction of sp³-hybridized carbons (Fsp3) is 0.250. The molecule has 0 spiro atoms. The Bertz CT molecular complexity index is 1310. The molecule has 0 radical (unpaired) electrons. The van der Waals surface area contributed by atoms with E-state index in [1.165, 1.54) is 5.56 Å². The van der Waals surface area contributed by atoms with Crippen LogP contribution in [0.25, 0.3) is 10.9 Å². The summed E-state index contributed by atoms with van der Waals surface area (Å²) in [4.78, 5) is 19.2. The number of benzene rings is 3. The molecule has 1 aliphatic heterocycles.